The van der Waals surface area contributed by atoms with Gasteiger partial charge in [0.05, 0.1) is 12.4 Å². The Hall–Kier alpha value is -2.56. The highest BCUT2D eigenvalue weighted by Crippen LogP contribution is 2.20. The van der Waals surface area contributed by atoms with E-state index in [0.717, 1.165) is 23.4 Å². The molecule has 1 N–H and O–H groups in total. The van der Waals surface area contributed by atoms with Crippen molar-refractivity contribution < 1.29 is 9.84 Å². The molecule has 102 valence electrons. The van der Waals surface area contributed by atoms with Gasteiger partial charge in [-0.2, -0.15) is 0 Å². The molecule has 20 heavy (non-hydrogen) atoms. The summed E-state index contributed by atoms with van der Waals surface area (Å²) in [6.07, 6.45) is 4.80. The minimum atomic E-state index is 0.0692. The zero-order valence-electron chi connectivity index (χ0n) is 11.2. The molecule has 0 saturated heterocycles. The predicted octanol–water partition coefficient (Wildman–Crippen LogP) is 2.50. The molecule has 0 radical (unpaired) electrons. The van der Waals surface area contributed by atoms with E-state index in [0.29, 0.717) is 12.6 Å². The van der Waals surface area contributed by atoms with Crippen LogP contribution in [0.5, 0.6) is 5.75 Å². The Kier molecular flexibility index (Phi) is 3.25. The van der Waals surface area contributed by atoms with Crippen molar-refractivity contribution in [2.75, 3.05) is 6.73 Å². The van der Waals surface area contributed by atoms with Crippen LogP contribution in [0.3, 0.4) is 0 Å². The molecule has 0 amide bonds. The standard InChI is InChI=1S/C15H15N3O2/c1-11-8-18(10-20-11)9-12-3-2-4-13(5-12)15-16-6-14(19)7-17-15/h2-8,19H,9-10H2,1H3. The van der Waals surface area contributed by atoms with Gasteiger partial charge in [-0.05, 0) is 18.6 Å². The van der Waals surface area contributed by atoms with Crippen LogP contribution in [0, 0.1) is 0 Å². The molecule has 1 aromatic carbocycles. The highest BCUT2D eigenvalue weighted by Gasteiger charge is 2.10. The average Bonchev–Trinajstić information content (AvgIpc) is 2.85. The van der Waals surface area contributed by atoms with Crippen LogP contribution in [0.1, 0.15) is 12.5 Å². The van der Waals surface area contributed by atoms with Crippen molar-refractivity contribution in [3.63, 3.8) is 0 Å². The van der Waals surface area contributed by atoms with Gasteiger partial charge in [0.15, 0.2) is 18.3 Å². The van der Waals surface area contributed by atoms with E-state index in [4.69, 9.17) is 4.74 Å². The first-order valence-electron chi connectivity index (χ1n) is 6.36. The van der Waals surface area contributed by atoms with Gasteiger partial charge >= 0.3 is 0 Å². The zero-order chi connectivity index (χ0) is 13.9. The van der Waals surface area contributed by atoms with Crippen LogP contribution in [0.15, 0.2) is 48.6 Å². The minimum absolute atomic E-state index is 0.0692. The molecule has 0 bridgehead atoms. The smallest absolute Gasteiger partial charge is 0.161 e. The number of aromatic nitrogens is 2. The summed E-state index contributed by atoms with van der Waals surface area (Å²) in [5.74, 6) is 1.61. The van der Waals surface area contributed by atoms with Crippen LogP contribution in [0.4, 0.5) is 0 Å². The molecule has 0 unspecified atom stereocenters. The summed E-state index contributed by atoms with van der Waals surface area (Å²) in [6, 6.07) is 8.05. The van der Waals surface area contributed by atoms with Gasteiger partial charge in [-0.3, -0.25) is 0 Å². The van der Waals surface area contributed by atoms with Crippen LogP contribution in [0.2, 0.25) is 0 Å². The number of allylic oxidation sites excluding steroid dienone is 1. The monoisotopic (exact) mass is 269 g/mol. The second-order valence-corrected chi connectivity index (χ2v) is 4.73. The zero-order valence-corrected chi connectivity index (χ0v) is 11.2. The summed E-state index contributed by atoms with van der Waals surface area (Å²) >= 11 is 0. The molecule has 5 nitrogen and oxygen atoms in total. The molecular formula is C15H15N3O2. The Balaban J connectivity index is 1.81. The lowest BCUT2D eigenvalue weighted by Crippen LogP contribution is -2.14. The Labute approximate surface area is 117 Å². The first-order chi connectivity index (χ1) is 9.70. The van der Waals surface area contributed by atoms with E-state index in [1.807, 2.05) is 31.3 Å². The summed E-state index contributed by atoms with van der Waals surface area (Å²) in [5, 5.41) is 9.22. The van der Waals surface area contributed by atoms with Gasteiger partial charge in [0.2, 0.25) is 0 Å². The van der Waals surface area contributed by atoms with Gasteiger partial charge in [-0.1, -0.05) is 18.2 Å². The molecule has 2 heterocycles. The van der Waals surface area contributed by atoms with Gasteiger partial charge in [0.25, 0.3) is 0 Å². The highest BCUT2D eigenvalue weighted by atomic mass is 16.5. The lowest BCUT2D eigenvalue weighted by atomic mass is 10.1. The van der Waals surface area contributed by atoms with Crippen LogP contribution >= 0.6 is 0 Å². The SMILES string of the molecule is CC1=CN(Cc2cccc(-c3ncc(O)cn3)c2)CO1. The second kappa shape index (κ2) is 5.21. The maximum Gasteiger partial charge on any atom is 0.161 e. The summed E-state index contributed by atoms with van der Waals surface area (Å²) in [6.45, 7) is 3.32. The quantitative estimate of drug-likeness (QED) is 0.927. The summed E-state index contributed by atoms with van der Waals surface area (Å²) in [7, 11) is 0. The van der Waals surface area contributed by atoms with E-state index in [2.05, 4.69) is 20.9 Å². The van der Waals surface area contributed by atoms with Crippen molar-refractivity contribution in [3.8, 4) is 17.1 Å². The van der Waals surface area contributed by atoms with E-state index >= 15 is 0 Å². The first-order valence-corrected chi connectivity index (χ1v) is 6.36. The molecule has 0 saturated carbocycles. The highest BCUT2D eigenvalue weighted by molar-refractivity contribution is 5.56. The van der Waals surface area contributed by atoms with E-state index in [9.17, 15) is 5.11 Å². The Morgan fingerprint density at radius 1 is 1.30 bits per heavy atom. The number of ether oxygens (including phenoxy) is 1. The third-order valence-corrected chi connectivity index (χ3v) is 3.03. The third-order valence-electron chi connectivity index (χ3n) is 3.03. The first kappa shape index (κ1) is 12.5. The minimum Gasteiger partial charge on any atom is -0.505 e. The largest absolute Gasteiger partial charge is 0.505 e. The maximum atomic E-state index is 9.22. The fourth-order valence-electron chi connectivity index (χ4n) is 2.12. The second-order valence-electron chi connectivity index (χ2n) is 4.73. The molecule has 3 rings (SSSR count). The van der Waals surface area contributed by atoms with Crippen molar-refractivity contribution in [2.24, 2.45) is 0 Å². The van der Waals surface area contributed by atoms with Gasteiger partial charge in [0.1, 0.15) is 5.76 Å². The van der Waals surface area contributed by atoms with Crippen molar-refractivity contribution >= 4 is 0 Å². The van der Waals surface area contributed by atoms with Gasteiger partial charge in [0, 0.05) is 18.3 Å². The number of benzene rings is 1. The average molecular weight is 269 g/mol. The molecule has 0 atom stereocenters. The van der Waals surface area contributed by atoms with Crippen molar-refractivity contribution in [1.29, 1.82) is 0 Å². The van der Waals surface area contributed by atoms with Crippen LogP contribution in [0.25, 0.3) is 11.4 Å². The van der Waals surface area contributed by atoms with E-state index in [-0.39, 0.29) is 5.75 Å². The molecule has 0 aliphatic carbocycles. The number of hydrogen-bond acceptors (Lipinski definition) is 5. The molecule has 2 aromatic rings. The maximum absolute atomic E-state index is 9.22. The topological polar surface area (TPSA) is 58.5 Å². The molecule has 0 spiro atoms. The fourth-order valence-corrected chi connectivity index (χ4v) is 2.12. The Bertz CT molecular complexity index is 638. The van der Waals surface area contributed by atoms with Gasteiger partial charge in [-0.25, -0.2) is 9.97 Å². The van der Waals surface area contributed by atoms with E-state index in [1.165, 1.54) is 12.4 Å². The number of hydrogen-bond donors (Lipinski definition) is 1. The molecule has 0 fully saturated rings. The van der Waals surface area contributed by atoms with Gasteiger partial charge in [-0.15, -0.1) is 0 Å². The van der Waals surface area contributed by atoms with Crippen LogP contribution in [-0.2, 0) is 11.3 Å². The number of nitrogens with zero attached hydrogens (tertiary/aromatic N) is 3. The van der Waals surface area contributed by atoms with Crippen molar-refractivity contribution in [3.05, 3.63) is 54.2 Å². The molecule has 1 aliphatic heterocycles. The Morgan fingerprint density at radius 2 is 2.10 bits per heavy atom. The molecule has 1 aliphatic rings. The van der Waals surface area contributed by atoms with Crippen molar-refractivity contribution in [1.82, 2.24) is 14.9 Å². The normalized spacial score (nSPS) is 14.1. The molecule has 5 heteroatoms. The molecule has 1 aromatic heterocycles. The number of rotatable bonds is 3. The number of aromatic hydroxyl groups is 1. The van der Waals surface area contributed by atoms with Crippen LogP contribution < -0.4 is 0 Å². The van der Waals surface area contributed by atoms with Crippen molar-refractivity contribution in [2.45, 2.75) is 13.5 Å². The van der Waals surface area contributed by atoms with E-state index in [1.54, 1.807) is 0 Å². The summed E-state index contributed by atoms with van der Waals surface area (Å²) in [5.41, 5.74) is 2.09. The predicted molar refractivity (Wildman–Crippen MR) is 74.4 cm³/mol. The van der Waals surface area contributed by atoms with E-state index < -0.39 is 0 Å². The third kappa shape index (κ3) is 2.71. The Morgan fingerprint density at radius 3 is 2.80 bits per heavy atom. The lowest BCUT2D eigenvalue weighted by Gasteiger charge is -2.14. The van der Waals surface area contributed by atoms with Gasteiger partial charge < -0.3 is 14.7 Å². The fraction of sp³-hybridized carbons (Fsp3) is 0.200. The lowest BCUT2D eigenvalue weighted by molar-refractivity contribution is 0.150. The summed E-state index contributed by atoms with van der Waals surface area (Å²) in [4.78, 5) is 10.3. The molecular weight excluding hydrogens is 254 g/mol. The summed E-state index contributed by atoms with van der Waals surface area (Å²) < 4.78 is 5.40. The van der Waals surface area contributed by atoms with Crippen LogP contribution in [-0.4, -0.2) is 26.7 Å².